The van der Waals surface area contributed by atoms with E-state index in [1.807, 2.05) is 12.1 Å². The van der Waals surface area contributed by atoms with Gasteiger partial charge in [0.1, 0.15) is 5.75 Å². The molecule has 1 N–H and O–H groups in total. The van der Waals surface area contributed by atoms with E-state index in [9.17, 15) is 5.11 Å². The van der Waals surface area contributed by atoms with Gasteiger partial charge in [0.25, 0.3) is 0 Å². The van der Waals surface area contributed by atoms with E-state index in [0.717, 1.165) is 18.7 Å². The maximum absolute atomic E-state index is 10.2. The van der Waals surface area contributed by atoms with Crippen LogP contribution in [0.25, 0.3) is 0 Å². The molecule has 0 amide bonds. The van der Waals surface area contributed by atoms with Crippen LogP contribution in [-0.4, -0.2) is 36.9 Å². The molecule has 0 aliphatic carbocycles. The molecule has 0 spiro atoms. The van der Waals surface area contributed by atoms with E-state index in [1.54, 1.807) is 14.2 Å². The fraction of sp³-hybridized carbons (Fsp3) is 0.400. The third-order valence-electron chi connectivity index (χ3n) is 4.55. The Kier molecular flexibility index (Phi) is 5.51. The van der Waals surface area contributed by atoms with E-state index < -0.39 is 0 Å². The summed E-state index contributed by atoms with van der Waals surface area (Å²) in [6.45, 7) is 2.13. The predicted octanol–water partition coefficient (Wildman–Crippen LogP) is 3.15. The summed E-state index contributed by atoms with van der Waals surface area (Å²) < 4.78 is 10.6. The van der Waals surface area contributed by atoms with Crippen molar-refractivity contribution in [2.45, 2.75) is 31.7 Å². The van der Waals surface area contributed by atoms with E-state index in [4.69, 9.17) is 9.47 Å². The van der Waals surface area contributed by atoms with Crippen LogP contribution in [0, 0.1) is 0 Å². The monoisotopic (exact) mass is 327 g/mol. The largest absolute Gasteiger partial charge is 0.497 e. The molecule has 128 valence electrons. The summed E-state index contributed by atoms with van der Waals surface area (Å²) >= 11 is 0. The quantitative estimate of drug-likeness (QED) is 0.885. The van der Waals surface area contributed by atoms with Crippen molar-refractivity contribution in [1.82, 2.24) is 4.90 Å². The maximum Gasteiger partial charge on any atom is 0.119 e. The standard InChI is InChI=1S/C20H25NO3/c1-23-14-16-6-3-5-15(9-16)12-21-13-18(22)11-20(21)17-7-4-8-19(10-17)24-2/h3-10,18,20,22H,11-14H2,1-2H3/t18-,20-/m1/s1. The van der Waals surface area contributed by atoms with Crippen LogP contribution < -0.4 is 4.74 Å². The summed E-state index contributed by atoms with van der Waals surface area (Å²) in [4.78, 5) is 2.34. The van der Waals surface area contributed by atoms with E-state index in [0.29, 0.717) is 13.2 Å². The minimum Gasteiger partial charge on any atom is -0.497 e. The van der Waals surface area contributed by atoms with Crippen LogP contribution in [-0.2, 0) is 17.9 Å². The highest BCUT2D eigenvalue weighted by atomic mass is 16.5. The number of methoxy groups -OCH3 is 2. The third kappa shape index (κ3) is 3.96. The molecule has 1 fully saturated rings. The van der Waals surface area contributed by atoms with Gasteiger partial charge in [0.05, 0.1) is 19.8 Å². The molecule has 0 unspecified atom stereocenters. The number of β-amino-alcohol motifs (C(OH)–C–C–N with tert-alkyl or cyclic N) is 1. The van der Waals surface area contributed by atoms with E-state index >= 15 is 0 Å². The number of likely N-dealkylation sites (tertiary alicyclic amines) is 1. The molecule has 1 aliphatic heterocycles. The average molecular weight is 327 g/mol. The van der Waals surface area contributed by atoms with E-state index in [2.05, 4.69) is 41.3 Å². The van der Waals surface area contributed by atoms with E-state index in [1.165, 1.54) is 16.7 Å². The number of aliphatic hydroxyl groups is 1. The van der Waals surface area contributed by atoms with Crippen LogP contribution >= 0.6 is 0 Å². The van der Waals surface area contributed by atoms with Gasteiger partial charge in [-0.05, 0) is 35.2 Å². The zero-order valence-corrected chi connectivity index (χ0v) is 14.3. The van der Waals surface area contributed by atoms with Gasteiger partial charge in [-0.15, -0.1) is 0 Å². The number of nitrogens with zero attached hydrogens (tertiary/aromatic N) is 1. The first-order valence-corrected chi connectivity index (χ1v) is 8.32. The fourth-order valence-corrected chi connectivity index (χ4v) is 3.47. The smallest absolute Gasteiger partial charge is 0.119 e. The number of benzene rings is 2. The molecule has 24 heavy (non-hydrogen) atoms. The first-order chi connectivity index (χ1) is 11.7. The lowest BCUT2D eigenvalue weighted by molar-refractivity contribution is 0.172. The molecule has 0 aromatic heterocycles. The summed E-state index contributed by atoms with van der Waals surface area (Å²) in [7, 11) is 3.39. The second-order valence-electron chi connectivity index (χ2n) is 6.36. The predicted molar refractivity (Wildman–Crippen MR) is 93.9 cm³/mol. The highest BCUT2D eigenvalue weighted by molar-refractivity contribution is 5.32. The molecule has 2 atom stereocenters. The topological polar surface area (TPSA) is 41.9 Å². The lowest BCUT2D eigenvalue weighted by Gasteiger charge is -2.25. The van der Waals surface area contributed by atoms with Gasteiger partial charge in [-0.2, -0.15) is 0 Å². The van der Waals surface area contributed by atoms with Gasteiger partial charge in [0.15, 0.2) is 0 Å². The molecule has 1 heterocycles. The molecule has 4 nitrogen and oxygen atoms in total. The third-order valence-corrected chi connectivity index (χ3v) is 4.55. The van der Waals surface area contributed by atoms with Gasteiger partial charge in [-0.3, -0.25) is 4.90 Å². The zero-order chi connectivity index (χ0) is 16.9. The fourth-order valence-electron chi connectivity index (χ4n) is 3.47. The lowest BCUT2D eigenvalue weighted by atomic mass is 10.0. The number of ether oxygens (including phenoxy) is 2. The van der Waals surface area contributed by atoms with Gasteiger partial charge in [0, 0.05) is 26.2 Å². The van der Waals surface area contributed by atoms with Gasteiger partial charge < -0.3 is 14.6 Å². The second-order valence-corrected chi connectivity index (χ2v) is 6.36. The Balaban J connectivity index is 1.79. The normalized spacial score (nSPS) is 21.1. The molecule has 2 aromatic rings. The van der Waals surface area contributed by atoms with Gasteiger partial charge in [0.2, 0.25) is 0 Å². The van der Waals surface area contributed by atoms with Crippen molar-refractivity contribution in [3.63, 3.8) is 0 Å². The number of rotatable bonds is 6. The first-order valence-electron chi connectivity index (χ1n) is 8.32. The first kappa shape index (κ1) is 17.0. The number of hydrogen-bond acceptors (Lipinski definition) is 4. The Labute approximate surface area is 143 Å². The highest BCUT2D eigenvalue weighted by Crippen LogP contribution is 2.34. The summed E-state index contributed by atoms with van der Waals surface area (Å²) in [5.41, 5.74) is 3.61. The highest BCUT2D eigenvalue weighted by Gasteiger charge is 2.32. The molecular formula is C20H25NO3. The lowest BCUT2D eigenvalue weighted by Crippen LogP contribution is -2.24. The zero-order valence-electron chi connectivity index (χ0n) is 14.3. The Morgan fingerprint density at radius 2 is 1.88 bits per heavy atom. The average Bonchev–Trinajstić information content (AvgIpc) is 2.96. The van der Waals surface area contributed by atoms with Crippen molar-refractivity contribution in [3.8, 4) is 5.75 Å². The molecular weight excluding hydrogens is 302 g/mol. The second kappa shape index (κ2) is 7.79. The number of aliphatic hydroxyl groups excluding tert-OH is 1. The van der Waals surface area contributed by atoms with E-state index in [-0.39, 0.29) is 12.1 Å². The minimum atomic E-state index is -0.289. The minimum absolute atomic E-state index is 0.209. The maximum atomic E-state index is 10.2. The molecule has 1 aliphatic rings. The van der Waals surface area contributed by atoms with Gasteiger partial charge in [-0.1, -0.05) is 36.4 Å². The summed E-state index contributed by atoms with van der Waals surface area (Å²) in [6.07, 6.45) is 0.466. The molecule has 0 saturated carbocycles. The Bertz CT molecular complexity index is 673. The molecule has 4 heteroatoms. The SMILES string of the molecule is COCc1cccc(CN2C[C@H](O)C[C@@H]2c2cccc(OC)c2)c1. The van der Waals surface area contributed by atoms with Crippen molar-refractivity contribution >= 4 is 0 Å². The van der Waals surface area contributed by atoms with Crippen molar-refractivity contribution in [1.29, 1.82) is 0 Å². The van der Waals surface area contributed by atoms with Gasteiger partial charge >= 0.3 is 0 Å². The Hall–Kier alpha value is -1.88. The molecule has 3 rings (SSSR count). The van der Waals surface area contributed by atoms with Crippen LogP contribution in [0.3, 0.4) is 0 Å². The summed E-state index contributed by atoms with van der Waals surface area (Å²) in [5.74, 6) is 0.857. The number of hydrogen-bond donors (Lipinski definition) is 1. The van der Waals surface area contributed by atoms with Crippen molar-refractivity contribution in [2.75, 3.05) is 20.8 Å². The van der Waals surface area contributed by atoms with Crippen LogP contribution in [0.5, 0.6) is 5.75 Å². The molecule has 2 aromatic carbocycles. The van der Waals surface area contributed by atoms with Crippen molar-refractivity contribution in [3.05, 3.63) is 65.2 Å². The van der Waals surface area contributed by atoms with Crippen LogP contribution in [0.15, 0.2) is 48.5 Å². The van der Waals surface area contributed by atoms with Crippen LogP contribution in [0.4, 0.5) is 0 Å². The van der Waals surface area contributed by atoms with Crippen LogP contribution in [0.1, 0.15) is 29.2 Å². The summed E-state index contributed by atoms with van der Waals surface area (Å²) in [6, 6.07) is 16.8. The molecule has 0 radical (unpaired) electrons. The van der Waals surface area contributed by atoms with Crippen molar-refractivity contribution in [2.24, 2.45) is 0 Å². The molecule has 1 saturated heterocycles. The Morgan fingerprint density at radius 3 is 2.67 bits per heavy atom. The Morgan fingerprint density at radius 1 is 1.08 bits per heavy atom. The molecule has 0 bridgehead atoms. The van der Waals surface area contributed by atoms with Crippen molar-refractivity contribution < 1.29 is 14.6 Å². The van der Waals surface area contributed by atoms with Crippen LogP contribution in [0.2, 0.25) is 0 Å². The van der Waals surface area contributed by atoms with Gasteiger partial charge in [-0.25, -0.2) is 0 Å². The summed E-state index contributed by atoms with van der Waals surface area (Å²) in [5, 5.41) is 10.2.